The molecule has 0 aromatic rings. The standard InChI is InChI=1S/C15H32N2O/c1-4-14-12-17(7-5-15(14)11-16)8-10-18-9-6-13(2)3/h13-15H,4-12,16H2,1-3H3. The molecule has 0 bridgehead atoms. The van der Waals surface area contributed by atoms with Crippen LogP contribution in [0.5, 0.6) is 0 Å². The summed E-state index contributed by atoms with van der Waals surface area (Å²) >= 11 is 0. The third-order valence-corrected chi connectivity index (χ3v) is 4.19. The van der Waals surface area contributed by atoms with Gasteiger partial charge in [-0.1, -0.05) is 27.2 Å². The van der Waals surface area contributed by atoms with E-state index in [4.69, 9.17) is 10.5 Å². The minimum Gasteiger partial charge on any atom is -0.380 e. The molecule has 18 heavy (non-hydrogen) atoms. The maximum Gasteiger partial charge on any atom is 0.0593 e. The molecule has 1 aliphatic rings. The third kappa shape index (κ3) is 5.68. The molecular formula is C15H32N2O. The van der Waals surface area contributed by atoms with Gasteiger partial charge in [0.25, 0.3) is 0 Å². The summed E-state index contributed by atoms with van der Waals surface area (Å²) in [7, 11) is 0. The van der Waals surface area contributed by atoms with Crippen LogP contribution < -0.4 is 5.73 Å². The van der Waals surface area contributed by atoms with E-state index in [0.29, 0.717) is 0 Å². The van der Waals surface area contributed by atoms with E-state index in [1.54, 1.807) is 0 Å². The molecule has 1 heterocycles. The molecule has 0 radical (unpaired) electrons. The van der Waals surface area contributed by atoms with Gasteiger partial charge in [0, 0.05) is 19.7 Å². The molecule has 0 aromatic carbocycles. The molecule has 108 valence electrons. The highest BCUT2D eigenvalue weighted by atomic mass is 16.5. The van der Waals surface area contributed by atoms with Crippen molar-refractivity contribution >= 4 is 0 Å². The third-order valence-electron chi connectivity index (χ3n) is 4.19. The fraction of sp³-hybridized carbons (Fsp3) is 1.00. The van der Waals surface area contributed by atoms with Crippen LogP contribution in [-0.4, -0.2) is 44.3 Å². The van der Waals surface area contributed by atoms with Crippen LogP contribution in [0.2, 0.25) is 0 Å². The van der Waals surface area contributed by atoms with Crippen molar-refractivity contribution in [1.82, 2.24) is 4.90 Å². The molecule has 1 fully saturated rings. The SMILES string of the molecule is CCC1CN(CCOCCC(C)C)CCC1CN. The summed E-state index contributed by atoms with van der Waals surface area (Å²) in [5.74, 6) is 2.28. The van der Waals surface area contributed by atoms with Gasteiger partial charge in [-0.2, -0.15) is 0 Å². The Kier molecular flexibility index (Phi) is 7.87. The Hall–Kier alpha value is -0.120. The van der Waals surface area contributed by atoms with E-state index in [1.165, 1.54) is 32.4 Å². The van der Waals surface area contributed by atoms with Gasteiger partial charge in [0.05, 0.1) is 6.61 Å². The largest absolute Gasteiger partial charge is 0.380 e. The van der Waals surface area contributed by atoms with Crippen LogP contribution >= 0.6 is 0 Å². The molecule has 0 saturated carbocycles. The van der Waals surface area contributed by atoms with Crippen molar-refractivity contribution < 1.29 is 4.74 Å². The van der Waals surface area contributed by atoms with Gasteiger partial charge >= 0.3 is 0 Å². The van der Waals surface area contributed by atoms with Gasteiger partial charge < -0.3 is 15.4 Å². The van der Waals surface area contributed by atoms with Crippen molar-refractivity contribution in [2.75, 3.05) is 39.4 Å². The Morgan fingerprint density at radius 3 is 2.67 bits per heavy atom. The van der Waals surface area contributed by atoms with Gasteiger partial charge in [0.2, 0.25) is 0 Å². The maximum atomic E-state index is 5.84. The second-order valence-corrected chi connectivity index (χ2v) is 6.05. The van der Waals surface area contributed by atoms with Gasteiger partial charge in [0.15, 0.2) is 0 Å². The van der Waals surface area contributed by atoms with Crippen LogP contribution in [-0.2, 0) is 4.74 Å². The normalized spacial score (nSPS) is 25.8. The lowest BCUT2D eigenvalue weighted by molar-refractivity contribution is 0.0635. The lowest BCUT2D eigenvalue weighted by atomic mass is 9.84. The molecule has 0 amide bonds. The summed E-state index contributed by atoms with van der Waals surface area (Å²) in [6.45, 7) is 12.9. The van der Waals surface area contributed by atoms with Crippen LogP contribution in [0, 0.1) is 17.8 Å². The average molecular weight is 256 g/mol. The first kappa shape index (κ1) is 15.9. The first-order chi connectivity index (χ1) is 8.67. The minimum absolute atomic E-state index is 0.744. The number of ether oxygens (including phenoxy) is 1. The number of hydrogen-bond donors (Lipinski definition) is 1. The quantitative estimate of drug-likeness (QED) is 0.678. The van der Waals surface area contributed by atoms with Crippen molar-refractivity contribution in [3.63, 3.8) is 0 Å². The number of nitrogens with zero attached hydrogens (tertiary/aromatic N) is 1. The van der Waals surface area contributed by atoms with Crippen molar-refractivity contribution in [3.05, 3.63) is 0 Å². The van der Waals surface area contributed by atoms with Crippen molar-refractivity contribution in [2.45, 2.75) is 40.0 Å². The second kappa shape index (κ2) is 8.89. The first-order valence-electron chi connectivity index (χ1n) is 7.67. The number of rotatable bonds is 8. The van der Waals surface area contributed by atoms with E-state index in [9.17, 15) is 0 Å². The van der Waals surface area contributed by atoms with Crippen molar-refractivity contribution in [3.8, 4) is 0 Å². The summed E-state index contributed by atoms with van der Waals surface area (Å²) < 4.78 is 5.70. The fourth-order valence-electron chi connectivity index (χ4n) is 2.75. The number of nitrogens with two attached hydrogens (primary N) is 1. The van der Waals surface area contributed by atoms with E-state index in [1.807, 2.05) is 0 Å². The van der Waals surface area contributed by atoms with Gasteiger partial charge in [0.1, 0.15) is 0 Å². The molecule has 3 heteroatoms. The van der Waals surface area contributed by atoms with Gasteiger partial charge in [-0.05, 0) is 43.7 Å². The number of likely N-dealkylation sites (tertiary alicyclic amines) is 1. The van der Waals surface area contributed by atoms with E-state index in [2.05, 4.69) is 25.7 Å². The highest BCUT2D eigenvalue weighted by Crippen LogP contribution is 2.24. The van der Waals surface area contributed by atoms with Crippen LogP contribution in [0.4, 0.5) is 0 Å². The molecule has 0 aliphatic carbocycles. The van der Waals surface area contributed by atoms with Gasteiger partial charge in [-0.15, -0.1) is 0 Å². The first-order valence-corrected chi connectivity index (χ1v) is 7.67. The Labute approximate surface area is 113 Å². The van der Waals surface area contributed by atoms with Crippen molar-refractivity contribution in [1.29, 1.82) is 0 Å². The smallest absolute Gasteiger partial charge is 0.0593 e. The van der Waals surface area contributed by atoms with Gasteiger partial charge in [-0.3, -0.25) is 0 Å². The zero-order valence-electron chi connectivity index (χ0n) is 12.5. The highest BCUT2D eigenvalue weighted by Gasteiger charge is 2.26. The second-order valence-electron chi connectivity index (χ2n) is 6.05. The lowest BCUT2D eigenvalue weighted by Gasteiger charge is -2.37. The van der Waals surface area contributed by atoms with E-state index < -0.39 is 0 Å². The summed E-state index contributed by atoms with van der Waals surface area (Å²) in [6.07, 6.45) is 3.69. The maximum absolute atomic E-state index is 5.84. The highest BCUT2D eigenvalue weighted by molar-refractivity contribution is 4.80. The Bertz CT molecular complexity index is 209. The van der Waals surface area contributed by atoms with Crippen LogP contribution in [0.15, 0.2) is 0 Å². The Morgan fingerprint density at radius 1 is 1.28 bits per heavy atom. The molecule has 1 rings (SSSR count). The Balaban J connectivity index is 2.12. The van der Waals surface area contributed by atoms with Crippen molar-refractivity contribution in [2.24, 2.45) is 23.5 Å². The molecule has 3 nitrogen and oxygen atoms in total. The van der Waals surface area contributed by atoms with E-state index >= 15 is 0 Å². The lowest BCUT2D eigenvalue weighted by Crippen LogP contribution is -2.43. The predicted octanol–water partition coefficient (Wildman–Crippen LogP) is 2.36. The number of piperidine rings is 1. The summed E-state index contributed by atoms with van der Waals surface area (Å²) in [5, 5.41) is 0. The van der Waals surface area contributed by atoms with E-state index in [0.717, 1.165) is 44.1 Å². The minimum atomic E-state index is 0.744. The van der Waals surface area contributed by atoms with Gasteiger partial charge in [-0.25, -0.2) is 0 Å². The summed E-state index contributed by atoms with van der Waals surface area (Å²) in [6, 6.07) is 0. The molecule has 0 spiro atoms. The molecule has 0 aromatic heterocycles. The molecule has 2 atom stereocenters. The van der Waals surface area contributed by atoms with Crippen LogP contribution in [0.1, 0.15) is 40.0 Å². The van der Waals surface area contributed by atoms with Crippen LogP contribution in [0.3, 0.4) is 0 Å². The molecule has 1 aliphatic heterocycles. The topological polar surface area (TPSA) is 38.5 Å². The van der Waals surface area contributed by atoms with E-state index in [-0.39, 0.29) is 0 Å². The zero-order chi connectivity index (χ0) is 13.4. The molecular weight excluding hydrogens is 224 g/mol. The number of hydrogen-bond acceptors (Lipinski definition) is 3. The summed E-state index contributed by atoms with van der Waals surface area (Å²) in [5.41, 5.74) is 5.84. The molecule has 2 unspecified atom stereocenters. The Morgan fingerprint density at radius 2 is 2.06 bits per heavy atom. The predicted molar refractivity (Wildman–Crippen MR) is 77.7 cm³/mol. The fourth-order valence-corrected chi connectivity index (χ4v) is 2.75. The average Bonchev–Trinajstić information content (AvgIpc) is 2.37. The monoisotopic (exact) mass is 256 g/mol. The molecule has 1 saturated heterocycles. The zero-order valence-corrected chi connectivity index (χ0v) is 12.5. The summed E-state index contributed by atoms with van der Waals surface area (Å²) in [4.78, 5) is 2.55. The van der Waals surface area contributed by atoms with Crippen LogP contribution in [0.25, 0.3) is 0 Å². The molecule has 2 N–H and O–H groups in total.